The maximum absolute atomic E-state index is 13.1. The van der Waals surface area contributed by atoms with Gasteiger partial charge in [0.05, 0.1) is 4.90 Å². The lowest BCUT2D eigenvalue weighted by atomic mass is 10.1. The Balaban J connectivity index is 2.30. The Labute approximate surface area is 151 Å². The Bertz CT molecular complexity index is 705. The number of amides is 1. The first-order valence-electron chi connectivity index (χ1n) is 9.15. The molecule has 1 unspecified atom stereocenters. The second-order valence-corrected chi connectivity index (χ2v) is 9.21. The molecule has 1 saturated heterocycles. The summed E-state index contributed by atoms with van der Waals surface area (Å²) in [4.78, 5) is 12.7. The quantitative estimate of drug-likeness (QED) is 0.869. The van der Waals surface area contributed by atoms with Gasteiger partial charge in [-0.3, -0.25) is 4.79 Å². The van der Waals surface area contributed by atoms with Crippen molar-refractivity contribution in [3.63, 3.8) is 0 Å². The minimum atomic E-state index is -3.56. The van der Waals surface area contributed by atoms with Crippen molar-refractivity contribution in [3.05, 3.63) is 29.3 Å². The Morgan fingerprint density at radius 2 is 1.68 bits per heavy atom. The molecule has 0 aliphatic carbocycles. The van der Waals surface area contributed by atoms with Gasteiger partial charge >= 0.3 is 0 Å². The molecule has 140 valence electrons. The number of aryl methyl sites for hydroxylation is 1. The molecule has 1 amide bonds. The molecule has 1 aromatic carbocycles. The van der Waals surface area contributed by atoms with Crippen molar-refractivity contribution in [3.8, 4) is 0 Å². The van der Waals surface area contributed by atoms with Gasteiger partial charge in [0.15, 0.2) is 0 Å². The van der Waals surface area contributed by atoms with Crippen LogP contribution in [0.25, 0.3) is 0 Å². The summed E-state index contributed by atoms with van der Waals surface area (Å²) in [6.07, 6.45) is 3.93. The van der Waals surface area contributed by atoms with Crippen LogP contribution in [0.5, 0.6) is 0 Å². The van der Waals surface area contributed by atoms with Crippen molar-refractivity contribution in [1.82, 2.24) is 9.62 Å². The molecule has 0 radical (unpaired) electrons. The van der Waals surface area contributed by atoms with Gasteiger partial charge in [0, 0.05) is 24.7 Å². The first-order valence-corrected chi connectivity index (χ1v) is 10.6. The highest BCUT2D eigenvalue weighted by atomic mass is 32.2. The van der Waals surface area contributed by atoms with Gasteiger partial charge in [-0.2, -0.15) is 4.31 Å². The number of nitrogens with one attached hydrogen (secondary N) is 1. The SMILES string of the molecule is Cc1ccc(C(=O)NC(C)C(C)C)cc1S(=O)(=O)N1CCCCCC1. The van der Waals surface area contributed by atoms with Gasteiger partial charge in [0.1, 0.15) is 0 Å². The number of benzene rings is 1. The summed E-state index contributed by atoms with van der Waals surface area (Å²) in [5.41, 5.74) is 1.07. The molecule has 1 heterocycles. The molecular formula is C19H30N2O3S. The Kier molecular flexibility index (Phi) is 6.63. The van der Waals surface area contributed by atoms with E-state index in [4.69, 9.17) is 0 Å². The predicted molar refractivity (Wildman–Crippen MR) is 100 cm³/mol. The van der Waals surface area contributed by atoms with Gasteiger partial charge in [-0.25, -0.2) is 8.42 Å². The molecule has 1 N–H and O–H groups in total. The van der Waals surface area contributed by atoms with Crippen molar-refractivity contribution in [1.29, 1.82) is 0 Å². The highest BCUT2D eigenvalue weighted by Gasteiger charge is 2.27. The first kappa shape index (κ1) is 19.9. The lowest BCUT2D eigenvalue weighted by molar-refractivity contribution is 0.0930. The summed E-state index contributed by atoms with van der Waals surface area (Å²) < 4.78 is 27.7. The largest absolute Gasteiger partial charge is 0.349 e. The second kappa shape index (κ2) is 8.32. The summed E-state index contributed by atoms with van der Waals surface area (Å²) >= 11 is 0. The summed E-state index contributed by atoms with van der Waals surface area (Å²) in [5.74, 6) is 0.0863. The maximum atomic E-state index is 13.1. The first-order chi connectivity index (χ1) is 11.7. The monoisotopic (exact) mass is 366 g/mol. The molecule has 0 bridgehead atoms. The minimum Gasteiger partial charge on any atom is -0.349 e. The summed E-state index contributed by atoms with van der Waals surface area (Å²) in [5, 5.41) is 2.94. The third-order valence-corrected chi connectivity index (χ3v) is 7.03. The molecule has 1 fully saturated rings. The minimum absolute atomic E-state index is 0.0273. The van der Waals surface area contributed by atoms with E-state index in [0.717, 1.165) is 25.7 Å². The molecule has 0 saturated carbocycles. The molecule has 1 atom stereocenters. The van der Waals surface area contributed by atoms with Crippen LogP contribution in [-0.4, -0.2) is 37.8 Å². The number of hydrogen-bond donors (Lipinski definition) is 1. The normalized spacial score (nSPS) is 18.0. The zero-order valence-corrected chi connectivity index (χ0v) is 16.5. The molecule has 25 heavy (non-hydrogen) atoms. The zero-order chi connectivity index (χ0) is 18.6. The van der Waals surface area contributed by atoms with Crippen LogP contribution in [0.3, 0.4) is 0 Å². The van der Waals surface area contributed by atoms with Crippen molar-refractivity contribution >= 4 is 15.9 Å². The lowest BCUT2D eigenvalue weighted by Gasteiger charge is -2.22. The maximum Gasteiger partial charge on any atom is 0.251 e. The van der Waals surface area contributed by atoms with E-state index in [9.17, 15) is 13.2 Å². The number of rotatable bonds is 5. The molecular weight excluding hydrogens is 336 g/mol. The third kappa shape index (κ3) is 4.82. The van der Waals surface area contributed by atoms with Crippen LogP contribution < -0.4 is 5.32 Å². The average Bonchev–Trinajstić information content (AvgIpc) is 2.84. The van der Waals surface area contributed by atoms with E-state index in [1.165, 1.54) is 6.07 Å². The lowest BCUT2D eigenvalue weighted by Crippen LogP contribution is -2.36. The van der Waals surface area contributed by atoms with E-state index in [-0.39, 0.29) is 16.8 Å². The van der Waals surface area contributed by atoms with Crippen molar-refractivity contribution < 1.29 is 13.2 Å². The van der Waals surface area contributed by atoms with Crippen LogP contribution in [0.15, 0.2) is 23.1 Å². The third-order valence-electron chi connectivity index (χ3n) is 4.99. The molecule has 6 heteroatoms. The van der Waals surface area contributed by atoms with Gasteiger partial charge in [-0.15, -0.1) is 0 Å². The molecule has 2 rings (SSSR count). The molecule has 1 aliphatic heterocycles. The molecule has 5 nitrogen and oxygen atoms in total. The topological polar surface area (TPSA) is 66.5 Å². The Morgan fingerprint density at radius 3 is 2.24 bits per heavy atom. The Hall–Kier alpha value is -1.40. The van der Waals surface area contributed by atoms with Gasteiger partial charge in [0.25, 0.3) is 5.91 Å². The average molecular weight is 367 g/mol. The van der Waals surface area contributed by atoms with Crippen molar-refractivity contribution in [2.45, 2.75) is 64.3 Å². The highest BCUT2D eigenvalue weighted by molar-refractivity contribution is 7.89. The smallest absolute Gasteiger partial charge is 0.251 e. The van der Waals surface area contributed by atoms with Crippen LogP contribution in [0.4, 0.5) is 0 Å². The predicted octanol–water partition coefficient (Wildman–Crippen LogP) is 3.33. The summed E-state index contributed by atoms with van der Waals surface area (Å²) in [6, 6.07) is 4.97. The Morgan fingerprint density at radius 1 is 1.08 bits per heavy atom. The van der Waals surface area contributed by atoms with Crippen LogP contribution in [0.1, 0.15) is 62.4 Å². The van der Waals surface area contributed by atoms with E-state index in [1.54, 1.807) is 23.4 Å². The highest BCUT2D eigenvalue weighted by Crippen LogP contribution is 2.24. The number of sulfonamides is 1. The number of carbonyl (C=O) groups is 1. The summed E-state index contributed by atoms with van der Waals surface area (Å²) in [7, 11) is -3.56. The van der Waals surface area contributed by atoms with E-state index < -0.39 is 10.0 Å². The second-order valence-electron chi connectivity index (χ2n) is 7.30. The number of nitrogens with zero attached hydrogens (tertiary/aromatic N) is 1. The van der Waals surface area contributed by atoms with Crippen LogP contribution >= 0.6 is 0 Å². The molecule has 1 aliphatic rings. The van der Waals surface area contributed by atoms with Crippen molar-refractivity contribution in [2.75, 3.05) is 13.1 Å². The van der Waals surface area contributed by atoms with Gasteiger partial charge in [-0.05, 0) is 50.3 Å². The van der Waals surface area contributed by atoms with E-state index in [2.05, 4.69) is 5.32 Å². The van der Waals surface area contributed by atoms with Crippen LogP contribution in [0, 0.1) is 12.8 Å². The fraction of sp³-hybridized carbons (Fsp3) is 0.632. The van der Waals surface area contributed by atoms with Crippen LogP contribution in [-0.2, 0) is 10.0 Å². The fourth-order valence-corrected chi connectivity index (χ4v) is 4.67. The van der Waals surface area contributed by atoms with Crippen molar-refractivity contribution in [2.24, 2.45) is 5.92 Å². The molecule has 1 aromatic rings. The summed E-state index contributed by atoms with van der Waals surface area (Å²) in [6.45, 7) is 8.92. The fourth-order valence-electron chi connectivity index (χ4n) is 2.90. The molecule has 0 aromatic heterocycles. The zero-order valence-electron chi connectivity index (χ0n) is 15.7. The van der Waals surface area contributed by atoms with Gasteiger partial charge < -0.3 is 5.32 Å². The van der Waals surface area contributed by atoms with E-state index in [1.807, 2.05) is 20.8 Å². The van der Waals surface area contributed by atoms with Gasteiger partial charge in [-0.1, -0.05) is 32.8 Å². The van der Waals surface area contributed by atoms with E-state index in [0.29, 0.717) is 30.1 Å². The van der Waals surface area contributed by atoms with Crippen LogP contribution in [0.2, 0.25) is 0 Å². The van der Waals surface area contributed by atoms with Gasteiger partial charge in [0.2, 0.25) is 10.0 Å². The molecule has 0 spiro atoms. The number of hydrogen-bond acceptors (Lipinski definition) is 3. The van der Waals surface area contributed by atoms with E-state index >= 15 is 0 Å². The standard InChI is InChI=1S/C19H30N2O3S/c1-14(2)16(4)20-19(22)17-10-9-15(3)18(13-17)25(23,24)21-11-7-5-6-8-12-21/h9-10,13-14,16H,5-8,11-12H2,1-4H3,(H,20,22). The number of carbonyl (C=O) groups excluding carboxylic acids is 1.